The minimum Gasteiger partial charge on any atom is -0.493 e. The number of hydrogen-bond acceptors (Lipinski definition) is 7. The number of carbonyl (C=O) groups is 2. The van der Waals surface area contributed by atoms with Crippen molar-refractivity contribution in [2.75, 3.05) is 19.1 Å². The summed E-state index contributed by atoms with van der Waals surface area (Å²) in [7, 11) is 3.03. The van der Waals surface area contributed by atoms with Gasteiger partial charge in [0.05, 0.1) is 26.5 Å². The van der Waals surface area contributed by atoms with E-state index in [1.807, 2.05) is 31.2 Å². The van der Waals surface area contributed by atoms with Gasteiger partial charge < -0.3 is 9.47 Å². The first-order chi connectivity index (χ1) is 13.5. The summed E-state index contributed by atoms with van der Waals surface area (Å²) < 4.78 is 10.5. The highest BCUT2D eigenvalue weighted by molar-refractivity contribution is 6.25. The number of aryl methyl sites for hydroxylation is 1. The van der Waals surface area contributed by atoms with Crippen molar-refractivity contribution in [1.29, 1.82) is 0 Å². The van der Waals surface area contributed by atoms with Crippen LogP contribution in [0.5, 0.6) is 11.5 Å². The average Bonchev–Trinajstić information content (AvgIpc) is 3.23. The molecule has 28 heavy (non-hydrogen) atoms. The van der Waals surface area contributed by atoms with E-state index in [1.165, 1.54) is 14.2 Å². The Bertz CT molecular complexity index is 957. The lowest BCUT2D eigenvalue weighted by Gasteiger charge is -2.21. The number of ether oxygens (including phenoxy) is 2. The summed E-state index contributed by atoms with van der Waals surface area (Å²) in [6, 6.07) is 11.3. The normalized spacial score (nSPS) is 20.7. The molecular weight excluding hydrogens is 360 g/mol. The van der Waals surface area contributed by atoms with Gasteiger partial charge in [0, 0.05) is 6.07 Å². The van der Waals surface area contributed by atoms with E-state index in [1.54, 1.807) is 23.2 Å². The highest BCUT2D eigenvalue weighted by atomic mass is 16.5. The zero-order valence-electron chi connectivity index (χ0n) is 15.8. The Morgan fingerprint density at radius 3 is 2.36 bits per heavy atom. The Labute approximate surface area is 162 Å². The number of amides is 2. The second kappa shape index (κ2) is 6.95. The van der Waals surface area contributed by atoms with Gasteiger partial charge in [-0.2, -0.15) is 5.11 Å². The second-order valence-corrected chi connectivity index (χ2v) is 6.73. The number of carbonyl (C=O) groups excluding carboxylic acids is 2. The molecule has 2 atom stereocenters. The number of fused-ring (bicyclic) bond motifs is 1. The van der Waals surface area contributed by atoms with E-state index in [0.717, 1.165) is 16.0 Å². The minimum atomic E-state index is -0.828. The van der Waals surface area contributed by atoms with Crippen LogP contribution < -0.4 is 14.4 Å². The van der Waals surface area contributed by atoms with Gasteiger partial charge in [-0.05, 0) is 24.6 Å². The molecule has 0 aliphatic carbocycles. The molecule has 2 aliphatic rings. The van der Waals surface area contributed by atoms with Crippen LogP contribution in [0.15, 0.2) is 52.8 Å². The Morgan fingerprint density at radius 1 is 0.964 bits per heavy atom. The Kier molecular flexibility index (Phi) is 4.46. The van der Waals surface area contributed by atoms with Crippen LogP contribution in [0.3, 0.4) is 0 Å². The predicted molar refractivity (Wildman–Crippen MR) is 101 cm³/mol. The lowest BCUT2D eigenvalue weighted by molar-refractivity contribution is -0.123. The maximum Gasteiger partial charge on any atom is 0.263 e. The molecule has 0 bridgehead atoms. The number of rotatable bonds is 5. The molecule has 8 heteroatoms. The third kappa shape index (κ3) is 2.87. The summed E-state index contributed by atoms with van der Waals surface area (Å²) in [4.78, 5) is 27.1. The largest absolute Gasteiger partial charge is 0.493 e. The molecule has 0 spiro atoms. The van der Waals surface area contributed by atoms with Gasteiger partial charge in [0.1, 0.15) is 0 Å². The molecule has 2 amide bonds. The molecule has 2 aliphatic heterocycles. The van der Waals surface area contributed by atoms with Crippen molar-refractivity contribution < 1.29 is 19.1 Å². The van der Waals surface area contributed by atoms with Crippen molar-refractivity contribution in [1.82, 2.24) is 5.01 Å². The number of benzene rings is 2. The highest BCUT2D eigenvalue weighted by Gasteiger charge is 2.54. The van der Waals surface area contributed by atoms with Gasteiger partial charge in [-0.1, -0.05) is 35.1 Å². The molecule has 2 aromatic rings. The van der Waals surface area contributed by atoms with E-state index in [0.29, 0.717) is 23.7 Å². The van der Waals surface area contributed by atoms with E-state index in [4.69, 9.17) is 9.47 Å². The first kappa shape index (κ1) is 18.0. The van der Waals surface area contributed by atoms with E-state index >= 15 is 0 Å². The van der Waals surface area contributed by atoms with Crippen LogP contribution in [0.2, 0.25) is 0 Å². The molecule has 0 aromatic heterocycles. The Balaban J connectivity index is 1.60. The van der Waals surface area contributed by atoms with Gasteiger partial charge in [0.25, 0.3) is 11.8 Å². The van der Waals surface area contributed by atoms with Crippen molar-refractivity contribution in [3.8, 4) is 11.5 Å². The molecule has 2 aromatic carbocycles. The molecular formula is C20H20N4O4. The smallest absolute Gasteiger partial charge is 0.263 e. The van der Waals surface area contributed by atoms with Gasteiger partial charge in [-0.15, -0.1) is 0 Å². The van der Waals surface area contributed by atoms with Crippen LogP contribution in [0.4, 0.5) is 5.69 Å². The van der Waals surface area contributed by atoms with Crippen LogP contribution >= 0.6 is 0 Å². The fourth-order valence-electron chi connectivity index (χ4n) is 3.45. The van der Waals surface area contributed by atoms with Crippen LogP contribution in [0, 0.1) is 6.92 Å². The average molecular weight is 380 g/mol. The van der Waals surface area contributed by atoms with Crippen molar-refractivity contribution in [3.63, 3.8) is 0 Å². The lowest BCUT2D eigenvalue weighted by Crippen LogP contribution is -2.39. The summed E-state index contributed by atoms with van der Waals surface area (Å²) >= 11 is 0. The maximum absolute atomic E-state index is 13.1. The molecule has 8 nitrogen and oxygen atoms in total. The fraction of sp³-hybridized carbons (Fsp3) is 0.300. The minimum absolute atomic E-state index is 0.348. The second-order valence-electron chi connectivity index (χ2n) is 6.73. The van der Waals surface area contributed by atoms with Crippen molar-refractivity contribution >= 4 is 17.5 Å². The summed E-state index contributed by atoms with van der Waals surface area (Å²) in [6.07, 6.45) is 0. The van der Waals surface area contributed by atoms with Crippen LogP contribution in [-0.2, 0) is 16.1 Å². The Hall–Kier alpha value is -3.42. The number of hydrogen-bond donors (Lipinski definition) is 0. The van der Waals surface area contributed by atoms with Crippen molar-refractivity contribution in [2.45, 2.75) is 25.6 Å². The lowest BCUT2D eigenvalue weighted by atomic mass is 10.1. The SMILES string of the molecule is COc1ccc(N2C(=O)[C@@H]3N=NN(Cc4ccc(C)cc4)[C@H]3C2=O)cc1OC. The summed E-state index contributed by atoms with van der Waals surface area (Å²) in [5, 5.41) is 9.71. The molecule has 0 radical (unpaired) electrons. The molecule has 144 valence electrons. The first-order valence-corrected chi connectivity index (χ1v) is 8.86. The van der Waals surface area contributed by atoms with Gasteiger partial charge in [0.2, 0.25) is 0 Å². The van der Waals surface area contributed by atoms with E-state index < -0.39 is 18.0 Å². The van der Waals surface area contributed by atoms with Crippen molar-refractivity contribution in [2.24, 2.45) is 10.3 Å². The topological polar surface area (TPSA) is 83.8 Å². The maximum atomic E-state index is 13.1. The quantitative estimate of drug-likeness (QED) is 0.744. The zero-order chi connectivity index (χ0) is 19.8. The standard InChI is InChI=1S/C20H20N4O4/c1-12-4-6-13(7-5-12)11-23-18-17(21-22-23)19(25)24(20(18)26)14-8-9-15(27-2)16(10-14)28-3/h4-10,17-18H,11H2,1-3H3/t17-,18-/m1/s1. The molecule has 1 fully saturated rings. The van der Waals surface area contributed by atoms with Crippen molar-refractivity contribution in [3.05, 3.63) is 53.6 Å². The number of nitrogens with zero attached hydrogens (tertiary/aromatic N) is 4. The van der Waals surface area contributed by atoms with Crippen LogP contribution in [-0.4, -0.2) is 43.1 Å². The van der Waals surface area contributed by atoms with Gasteiger partial charge in [0.15, 0.2) is 23.6 Å². The van der Waals surface area contributed by atoms with Crippen LogP contribution in [0.25, 0.3) is 0 Å². The van der Waals surface area contributed by atoms with Crippen LogP contribution in [0.1, 0.15) is 11.1 Å². The number of imide groups is 1. The molecule has 0 N–H and O–H groups in total. The summed E-state index contributed by atoms with van der Waals surface area (Å²) in [5.74, 6) is 0.221. The zero-order valence-corrected chi connectivity index (χ0v) is 15.8. The highest BCUT2D eigenvalue weighted by Crippen LogP contribution is 2.36. The molecule has 4 rings (SSSR count). The summed E-state index contributed by atoms with van der Waals surface area (Å²) in [5.41, 5.74) is 2.57. The summed E-state index contributed by atoms with van der Waals surface area (Å²) in [6.45, 7) is 2.42. The third-order valence-corrected chi connectivity index (χ3v) is 4.95. The monoisotopic (exact) mass is 380 g/mol. The van der Waals surface area contributed by atoms with E-state index in [-0.39, 0.29) is 5.91 Å². The van der Waals surface area contributed by atoms with Gasteiger partial charge >= 0.3 is 0 Å². The van der Waals surface area contributed by atoms with Gasteiger partial charge in [-0.3, -0.25) is 14.6 Å². The predicted octanol–water partition coefficient (Wildman–Crippen LogP) is 2.51. The molecule has 0 saturated carbocycles. The van der Waals surface area contributed by atoms with E-state index in [9.17, 15) is 9.59 Å². The fourth-order valence-corrected chi connectivity index (χ4v) is 3.45. The Morgan fingerprint density at radius 2 is 1.68 bits per heavy atom. The first-order valence-electron chi connectivity index (χ1n) is 8.86. The van der Waals surface area contributed by atoms with E-state index in [2.05, 4.69) is 10.3 Å². The van der Waals surface area contributed by atoms with Gasteiger partial charge in [-0.25, -0.2) is 4.90 Å². The number of anilines is 1. The molecule has 0 unspecified atom stereocenters. The molecule has 2 heterocycles. The molecule has 1 saturated heterocycles. The third-order valence-electron chi connectivity index (χ3n) is 4.95. The number of methoxy groups -OCH3 is 2.